The number of carbonyl (C=O) groups excluding carboxylic acids is 2. The smallest absolute Gasteiger partial charge is 0.416 e. The number of carboxylic acid groups (broad SMARTS) is 2. The number of alkyl halides is 6. The molecule has 6 N–H and O–H groups in total. The summed E-state index contributed by atoms with van der Waals surface area (Å²) in [5.41, 5.74) is -7.14. The first kappa shape index (κ1) is 43.2. The Bertz CT molecular complexity index is 1830. The number of amides is 2. The molecule has 21 heteroatoms. The van der Waals surface area contributed by atoms with Gasteiger partial charge in [-0.3, -0.25) is 19.0 Å². The van der Waals surface area contributed by atoms with Crippen molar-refractivity contribution in [3.8, 4) is 11.4 Å². The van der Waals surface area contributed by atoms with Gasteiger partial charge in [-0.2, -0.15) is 26.3 Å². The van der Waals surface area contributed by atoms with Crippen molar-refractivity contribution in [1.82, 2.24) is 30.3 Å². The third kappa shape index (κ3) is 11.0. The average molecular weight is 769 g/mol. The second-order valence-electron chi connectivity index (χ2n) is 11.9. The van der Waals surface area contributed by atoms with Crippen LogP contribution in [0.3, 0.4) is 0 Å². The lowest BCUT2D eigenvalue weighted by Crippen LogP contribution is -2.61. The molecule has 0 saturated heterocycles. The highest BCUT2D eigenvalue weighted by Crippen LogP contribution is 2.33. The molecule has 286 valence electrons. The number of benzene rings is 2. The first-order chi connectivity index (χ1) is 23.7. The lowest BCUT2D eigenvalue weighted by atomic mass is 9.88. The molecule has 0 aliphatic rings. The van der Waals surface area contributed by atoms with Gasteiger partial charge in [0.25, 0.3) is 5.91 Å². The number of aliphatic hydroxyl groups excluding tert-OH is 1. The molecule has 14 nitrogen and oxygen atoms in total. The minimum Gasteiger partial charge on any atom is -0.480 e. The van der Waals surface area contributed by atoms with Crippen molar-refractivity contribution in [2.24, 2.45) is 0 Å². The van der Waals surface area contributed by atoms with Crippen LogP contribution in [0.4, 0.5) is 26.3 Å². The fraction of sp³-hybridized carbons (Fsp3) is 0.419. The number of rotatable bonds is 12. The molecule has 1 heterocycles. The standard InChI is InChI=1S/C27H26ClF6N5O6.C4H9NO2/c1-24(2,22(43)44)36-21(42)25(3,15-5-4-6-16(11-15)26(29,30)31)35-19(41)13-39-23(45)38(12-18(40)27(32,33)34)20(37-39)14-7-9-17(28)10-8-14;1-3(5-2)4(6)7/h4-11,18,40H,12-13H2,1-3H3,(H,35,41)(H,36,42)(H,43,44);3,5H,1-2H3,(H,6,7)/t18-,25+;3-/m00/s1. The zero-order valence-electron chi connectivity index (χ0n) is 28.1. The summed E-state index contributed by atoms with van der Waals surface area (Å²) in [4.78, 5) is 61.2. The SMILES string of the molecule is CC(C)(NC(=O)[C@](C)(NC(=O)Cn1nc(-c2ccc(Cl)cc2)n(C[C@H](O)C(F)(F)F)c1=O)c1cccc(C(F)(F)F)c1)C(=O)O.CN[C@@H](C)C(=O)O. The second-order valence-corrected chi connectivity index (χ2v) is 12.4. The second kappa shape index (κ2) is 16.6. The number of aliphatic hydroxyl groups is 1. The highest BCUT2D eigenvalue weighted by Gasteiger charge is 2.43. The van der Waals surface area contributed by atoms with Crippen LogP contribution in [0.25, 0.3) is 11.4 Å². The van der Waals surface area contributed by atoms with Crippen LogP contribution < -0.4 is 21.6 Å². The van der Waals surface area contributed by atoms with Crippen LogP contribution in [0.5, 0.6) is 0 Å². The maximum absolute atomic E-state index is 13.5. The van der Waals surface area contributed by atoms with E-state index in [9.17, 15) is 60.5 Å². The Hall–Kier alpha value is -4.95. The fourth-order valence-electron chi connectivity index (χ4n) is 4.10. The van der Waals surface area contributed by atoms with Crippen LogP contribution in [0.1, 0.15) is 38.8 Å². The Labute approximate surface area is 296 Å². The zero-order valence-corrected chi connectivity index (χ0v) is 28.8. The summed E-state index contributed by atoms with van der Waals surface area (Å²) in [7, 11) is 1.61. The zero-order chi connectivity index (χ0) is 40.0. The molecule has 0 spiro atoms. The molecule has 0 unspecified atom stereocenters. The minimum absolute atomic E-state index is 0.0779. The Balaban J connectivity index is 0.00000121. The van der Waals surface area contributed by atoms with E-state index in [1.165, 1.54) is 24.3 Å². The maximum Gasteiger partial charge on any atom is 0.416 e. The van der Waals surface area contributed by atoms with Crippen molar-refractivity contribution < 1.29 is 60.8 Å². The number of nitrogens with zero attached hydrogens (tertiary/aromatic N) is 3. The first-order valence-electron chi connectivity index (χ1n) is 14.9. The van der Waals surface area contributed by atoms with Crippen molar-refractivity contribution in [2.75, 3.05) is 7.05 Å². The first-order valence-corrected chi connectivity index (χ1v) is 15.3. The van der Waals surface area contributed by atoms with Crippen molar-refractivity contribution in [3.05, 3.63) is 75.2 Å². The molecular weight excluding hydrogens is 734 g/mol. The molecule has 3 aromatic rings. The number of nitrogens with one attached hydrogen (secondary N) is 3. The van der Waals surface area contributed by atoms with Gasteiger partial charge in [0, 0.05) is 10.6 Å². The topological polar surface area (TPSA) is 205 Å². The summed E-state index contributed by atoms with van der Waals surface area (Å²) in [5.74, 6) is -5.18. The van der Waals surface area contributed by atoms with Gasteiger partial charge in [-0.05, 0) is 76.7 Å². The molecule has 2 amide bonds. The van der Waals surface area contributed by atoms with Crippen LogP contribution in [0.15, 0.2) is 53.3 Å². The molecule has 0 bridgehead atoms. The third-order valence-electron chi connectivity index (χ3n) is 7.43. The summed E-state index contributed by atoms with van der Waals surface area (Å²) in [6.45, 7) is 2.38. The molecule has 0 fully saturated rings. The van der Waals surface area contributed by atoms with Gasteiger partial charge < -0.3 is 31.3 Å². The molecule has 0 radical (unpaired) electrons. The normalized spacial score (nSPS) is 14.2. The van der Waals surface area contributed by atoms with Crippen molar-refractivity contribution in [3.63, 3.8) is 0 Å². The van der Waals surface area contributed by atoms with Crippen LogP contribution in [-0.2, 0) is 44.0 Å². The van der Waals surface area contributed by atoms with Gasteiger partial charge in [-0.15, -0.1) is 5.10 Å². The van der Waals surface area contributed by atoms with Crippen LogP contribution >= 0.6 is 11.6 Å². The van der Waals surface area contributed by atoms with E-state index in [-0.39, 0.29) is 10.6 Å². The summed E-state index contributed by atoms with van der Waals surface area (Å²) >= 11 is 5.85. The van der Waals surface area contributed by atoms with E-state index in [1.807, 2.05) is 0 Å². The van der Waals surface area contributed by atoms with Crippen molar-refractivity contribution >= 4 is 35.4 Å². The Morgan fingerprint density at radius 3 is 1.94 bits per heavy atom. The number of aliphatic carboxylic acids is 2. The lowest BCUT2D eigenvalue weighted by molar-refractivity contribution is -0.207. The summed E-state index contributed by atoms with van der Waals surface area (Å²) in [5, 5.41) is 38.3. The number of carboxylic acids is 2. The molecule has 3 rings (SSSR count). The summed E-state index contributed by atoms with van der Waals surface area (Å²) in [6, 6.07) is 8.16. The van der Waals surface area contributed by atoms with E-state index in [4.69, 9.17) is 16.7 Å². The van der Waals surface area contributed by atoms with Crippen molar-refractivity contribution in [1.29, 1.82) is 0 Å². The molecular formula is C31H35ClF6N6O8. The largest absolute Gasteiger partial charge is 0.480 e. The summed E-state index contributed by atoms with van der Waals surface area (Å²) < 4.78 is 80.8. The van der Waals surface area contributed by atoms with Gasteiger partial charge in [0.15, 0.2) is 11.9 Å². The van der Waals surface area contributed by atoms with Gasteiger partial charge in [-0.25, -0.2) is 14.3 Å². The molecule has 0 saturated carbocycles. The van der Waals surface area contributed by atoms with E-state index >= 15 is 0 Å². The molecule has 0 aliphatic carbocycles. The van der Waals surface area contributed by atoms with Crippen LogP contribution in [0.2, 0.25) is 5.02 Å². The van der Waals surface area contributed by atoms with Gasteiger partial charge in [0.2, 0.25) is 5.91 Å². The monoisotopic (exact) mass is 768 g/mol. The van der Waals surface area contributed by atoms with E-state index < -0.39 is 95.1 Å². The van der Waals surface area contributed by atoms with Gasteiger partial charge >= 0.3 is 30.0 Å². The van der Waals surface area contributed by atoms with E-state index in [1.54, 1.807) is 14.0 Å². The predicted octanol–water partition coefficient (Wildman–Crippen LogP) is 3.00. The number of likely N-dealkylation sites (N-methyl/N-ethyl adjacent to an activating group) is 1. The number of aromatic nitrogens is 3. The Morgan fingerprint density at radius 2 is 1.48 bits per heavy atom. The lowest BCUT2D eigenvalue weighted by Gasteiger charge is -2.33. The number of carbonyl (C=O) groups is 4. The van der Waals surface area contributed by atoms with E-state index in [0.29, 0.717) is 21.4 Å². The van der Waals surface area contributed by atoms with Gasteiger partial charge in [0.05, 0.1) is 12.1 Å². The Morgan fingerprint density at radius 1 is 0.923 bits per heavy atom. The van der Waals surface area contributed by atoms with Gasteiger partial charge in [-0.1, -0.05) is 23.7 Å². The third-order valence-corrected chi connectivity index (χ3v) is 7.68. The minimum atomic E-state index is -5.12. The number of hydrogen-bond acceptors (Lipinski definition) is 8. The highest BCUT2D eigenvalue weighted by molar-refractivity contribution is 6.30. The quantitative estimate of drug-likeness (QED) is 0.149. The average Bonchev–Trinajstić information content (AvgIpc) is 3.33. The molecule has 1 aromatic heterocycles. The van der Waals surface area contributed by atoms with Crippen LogP contribution in [-0.4, -0.2) is 84.3 Å². The van der Waals surface area contributed by atoms with E-state index in [2.05, 4.69) is 21.0 Å². The van der Waals surface area contributed by atoms with Crippen LogP contribution in [0, 0.1) is 0 Å². The fourth-order valence-corrected chi connectivity index (χ4v) is 4.23. The summed E-state index contributed by atoms with van der Waals surface area (Å²) in [6.07, 6.45) is -13.0. The predicted molar refractivity (Wildman–Crippen MR) is 172 cm³/mol. The molecule has 52 heavy (non-hydrogen) atoms. The van der Waals surface area contributed by atoms with Crippen molar-refractivity contribution in [2.45, 2.75) is 76.4 Å². The number of halogens is 7. The Kier molecular flexibility index (Phi) is 13.8. The highest BCUT2D eigenvalue weighted by atomic mass is 35.5. The van der Waals surface area contributed by atoms with E-state index in [0.717, 1.165) is 32.9 Å². The number of hydrogen-bond donors (Lipinski definition) is 6. The molecule has 2 aromatic carbocycles. The molecule has 0 aliphatic heterocycles. The van der Waals surface area contributed by atoms with Gasteiger partial charge in [0.1, 0.15) is 23.7 Å². The maximum atomic E-state index is 13.5. The molecule has 3 atom stereocenters.